The monoisotopic (exact) mass is 454 g/mol. The van der Waals surface area contributed by atoms with Crippen molar-refractivity contribution in [2.75, 3.05) is 18.5 Å². The fourth-order valence-electron chi connectivity index (χ4n) is 2.90. The number of amides is 1. The molecule has 1 aromatic carbocycles. The predicted molar refractivity (Wildman–Crippen MR) is 124 cm³/mol. The molecule has 32 heavy (non-hydrogen) atoms. The Morgan fingerprint density at radius 1 is 1.09 bits per heavy atom. The molecule has 0 fully saturated rings. The van der Waals surface area contributed by atoms with Crippen molar-refractivity contribution in [3.63, 3.8) is 0 Å². The Bertz CT molecular complexity index is 1080. The third-order valence-corrected chi connectivity index (χ3v) is 5.78. The van der Waals surface area contributed by atoms with E-state index in [4.69, 9.17) is 9.47 Å². The summed E-state index contributed by atoms with van der Waals surface area (Å²) in [4.78, 5) is 37.7. The van der Waals surface area contributed by atoms with Crippen molar-refractivity contribution in [3.8, 4) is 6.07 Å². The number of nitrogens with zero attached hydrogens (tertiary/aromatic N) is 1. The van der Waals surface area contributed by atoms with Crippen LogP contribution in [0.25, 0.3) is 6.08 Å². The molecule has 0 atom stereocenters. The van der Waals surface area contributed by atoms with Gasteiger partial charge in [0, 0.05) is 0 Å². The summed E-state index contributed by atoms with van der Waals surface area (Å²) in [5, 5.41) is 12.2. The smallest absolute Gasteiger partial charge is 0.348 e. The van der Waals surface area contributed by atoms with Gasteiger partial charge in [-0.3, -0.25) is 4.79 Å². The molecule has 0 saturated carbocycles. The molecule has 1 aromatic heterocycles. The van der Waals surface area contributed by atoms with E-state index in [9.17, 15) is 19.6 Å². The maximum Gasteiger partial charge on any atom is 0.348 e. The molecule has 8 heteroatoms. The molecule has 0 aliphatic heterocycles. The first-order valence-electron chi connectivity index (χ1n) is 10.2. The highest BCUT2D eigenvalue weighted by Crippen LogP contribution is 2.34. The van der Waals surface area contributed by atoms with Crippen LogP contribution in [-0.4, -0.2) is 31.1 Å². The zero-order valence-corrected chi connectivity index (χ0v) is 19.6. The Hall–Kier alpha value is -3.44. The Balaban J connectivity index is 2.39. The second kappa shape index (κ2) is 11.3. The molecule has 0 bridgehead atoms. The summed E-state index contributed by atoms with van der Waals surface area (Å²) < 4.78 is 10.1. The first-order chi connectivity index (χ1) is 15.2. The third-order valence-electron chi connectivity index (χ3n) is 4.59. The van der Waals surface area contributed by atoms with Crippen LogP contribution in [-0.2, 0) is 14.3 Å². The zero-order valence-electron chi connectivity index (χ0n) is 18.8. The lowest BCUT2D eigenvalue weighted by Gasteiger charge is -2.07. The molecule has 1 N–H and O–H groups in total. The molecule has 1 heterocycles. The maximum absolute atomic E-state index is 12.8. The molecular formula is C24H26N2O5S. The number of carbonyl (C=O) groups is 3. The summed E-state index contributed by atoms with van der Waals surface area (Å²) in [6, 6.07) is 9.44. The van der Waals surface area contributed by atoms with Gasteiger partial charge in [-0.25, -0.2) is 9.59 Å². The number of thiophene rings is 1. The van der Waals surface area contributed by atoms with Gasteiger partial charge >= 0.3 is 11.9 Å². The van der Waals surface area contributed by atoms with Crippen LogP contribution in [0.1, 0.15) is 70.3 Å². The van der Waals surface area contributed by atoms with Crippen LogP contribution in [0, 0.1) is 18.3 Å². The highest BCUT2D eigenvalue weighted by Gasteiger charge is 2.27. The van der Waals surface area contributed by atoms with Crippen molar-refractivity contribution in [1.29, 1.82) is 5.26 Å². The lowest BCUT2D eigenvalue weighted by molar-refractivity contribution is -0.112. The van der Waals surface area contributed by atoms with Gasteiger partial charge in [-0.2, -0.15) is 5.26 Å². The van der Waals surface area contributed by atoms with Crippen molar-refractivity contribution in [1.82, 2.24) is 0 Å². The average molecular weight is 455 g/mol. The van der Waals surface area contributed by atoms with Gasteiger partial charge in [0.1, 0.15) is 21.5 Å². The second-order valence-electron chi connectivity index (χ2n) is 7.15. The number of esters is 2. The Morgan fingerprint density at radius 2 is 1.69 bits per heavy atom. The van der Waals surface area contributed by atoms with Gasteiger partial charge in [0.15, 0.2) is 0 Å². The first kappa shape index (κ1) is 24.8. The number of benzene rings is 1. The standard InChI is InChI=1S/C24H26N2O5S/c1-6-30-23(28)19-15(5)20(24(29)31-7-2)32-22(19)26-21(27)18(13-25)12-16-8-10-17(11-9-16)14(3)4/h8-12,14H,6-7H2,1-5H3,(H,26,27). The molecule has 1 amide bonds. The zero-order chi connectivity index (χ0) is 23.8. The van der Waals surface area contributed by atoms with E-state index in [0.717, 1.165) is 16.9 Å². The van der Waals surface area contributed by atoms with Gasteiger partial charge in [0.05, 0.1) is 18.8 Å². The minimum absolute atomic E-state index is 0.0758. The van der Waals surface area contributed by atoms with Gasteiger partial charge < -0.3 is 14.8 Å². The van der Waals surface area contributed by atoms with Crippen LogP contribution >= 0.6 is 11.3 Å². The second-order valence-corrected chi connectivity index (χ2v) is 8.17. The van der Waals surface area contributed by atoms with Gasteiger partial charge in [-0.1, -0.05) is 38.1 Å². The van der Waals surface area contributed by atoms with Crippen molar-refractivity contribution in [3.05, 3.63) is 57.0 Å². The van der Waals surface area contributed by atoms with Crippen LogP contribution in [0.2, 0.25) is 0 Å². The summed E-state index contributed by atoms with van der Waals surface area (Å²) >= 11 is 0.912. The molecule has 0 spiro atoms. The van der Waals surface area contributed by atoms with Crippen LogP contribution in [0.4, 0.5) is 5.00 Å². The normalized spacial score (nSPS) is 11.1. The molecule has 7 nitrogen and oxygen atoms in total. The molecular weight excluding hydrogens is 428 g/mol. The van der Waals surface area contributed by atoms with E-state index in [1.807, 2.05) is 30.3 Å². The number of anilines is 1. The SMILES string of the molecule is CCOC(=O)c1sc(NC(=O)C(C#N)=Cc2ccc(C(C)C)cc2)c(C(=O)OCC)c1C. The van der Waals surface area contributed by atoms with E-state index in [1.165, 1.54) is 6.08 Å². The predicted octanol–water partition coefficient (Wildman–Crippen LogP) is 5.08. The van der Waals surface area contributed by atoms with Gasteiger partial charge in [-0.15, -0.1) is 11.3 Å². The highest BCUT2D eigenvalue weighted by atomic mass is 32.1. The van der Waals surface area contributed by atoms with E-state index < -0.39 is 17.8 Å². The molecule has 168 valence electrons. The minimum atomic E-state index is -0.692. The van der Waals surface area contributed by atoms with Crippen molar-refractivity contribution >= 4 is 40.3 Å². The van der Waals surface area contributed by atoms with Gasteiger partial charge in [0.2, 0.25) is 0 Å². The van der Waals surface area contributed by atoms with Crippen molar-refractivity contribution < 1.29 is 23.9 Å². The van der Waals surface area contributed by atoms with E-state index >= 15 is 0 Å². The maximum atomic E-state index is 12.8. The van der Waals surface area contributed by atoms with E-state index in [1.54, 1.807) is 20.8 Å². The van der Waals surface area contributed by atoms with Gasteiger partial charge in [-0.05, 0) is 49.5 Å². The number of hydrogen-bond donors (Lipinski definition) is 1. The summed E-state index contributed by atoms with van der Waals surface area (Å²) in [7, 11) is 0. The quantitative estimate of drug-likeness (QED) is 0.339. The molecule has 0 saturated heterocycles. The number of nitrogens with one attached hydrogen (secondary N) is 1. The highest BCUT2D eigenvalue weighted by molar-refractivity contribution is 7.18. The number of carbonyl (C=O) groups excluding carboxylic acids is 3. The summed E-state index contributed by atoms with van der Waals surface area (Å²) in [5.41, 5.74) is 2.13. The Labute approximate surface area is 191 Å². The van der Waals surface area contributed by atoms with E-state index in [0.29, 0.717) is 17.0 Å². The fraction of sp³-hybridized carbons (Fsp3) is 0.333. The lowest BCUT2D eigenvalue weighted by Crippen LogP contribution is -2.16. The molecule has 2 rings (SSSR count). The van der Waals surface area contributed by atoms with Crippen LogP contribution in [0.5, 0.6) is 0 Å². The van der Waals surface area contributed by atoms with Crippen LogP contribution in [0.15, 0.2) is 29.8 Å². The van der Waals surface area contributed by atoms with E-state index in [2.05, 4.69) is 19.2 Å². The molecule has 2 aromatic rings. The molecule has 0 aliphatic rings. The average Bonchev–Trinajstić information content (AvgIpc) is 3.08. The first-order valence-corrected chi connectivity index (χ1v) is 11.1. The van der Waals surface area contributed by atoms with Crippen molar-refractivity contribution in [2.45, 2.75) is 40.5 Å². The summed E-state index contributed by atoms with van der Waals surface area (Å²) in [6.45, 7) is 9.37. The van der Waals surface area contributed by atoms with E-state index in [-0.39, 0.29) is 34.2 Å². The topological polar surface area (TPSA) is 105 Å². The molecule has 0 radical (unpaired) electrons. The number of hydrogen-bond acceptors (Lipinski definition) is 7. The van der Waals surface area contributed by atoms with Gasteiger partial charge in [0.25, 0.3) is 5.91 Å². The minimum Gasteiger partial charge on any atom is -0.462 e. The summed E-state index contributed by atoms with van der Waals surface area (Å²) in [5.74, 6) is -1.59. The number of nitriles is 1. The third kappa shape index (κ3) is 5.83. The lowest BCUT2D eigenvalue weighted by atomic mass is 10.0. The fourth-order valence-corrected chi connectivity index (χ4v) is 3.99. The van der Waals surface area contributed by atoms with Crippen LogP contribution in [0.3, 0.4) is 0 Å². The van der Waals surface area contributed by atoms with Crippen molar-refractivity contribution in [2.24, 2.45) is 0 Å². The molecule has 0 unspecified atom stereocenters. The van der Waals surface area contributed by atoms with Crippen LogP contribution < -0.4 is 5.32 Å². The Morgan fingerprint density at radius 3 is 2.22 bits per heavy atom. The summed E-state index contributed by atoms with van der Waals surface area (Å²) in [6.07, 6.45) is 1.47. The largest absolute Gasteiger partial charge is 0.462 e. The number of ether oxygens (including phenoxy) is 2. The molecule has 0 aliphatic carbocycles. The number of rotatable bonds is 8. The Kier molecular flexibility index (Phi) is 8.73.